The van der Waals surface area contributed by atoms with Crippen molar-refractivity contribution in [2.45, 2.75) is 37.0 Å². The summed E-state index contributed by atoms with van der Waals surface area (Å²) < 4.78 is 89.5. The van der Waals surface area contributed by atoms with Crippen molar-refractivity contribution in [1.29, 1.82) is 0 Å². The summed E-state index contributed by atoms with van der Waals surface area (Å²) in [5, 5.41) is 16.6. The third-order valence-electron chi connectivity index (χ3n) is 8.42. The minimum Gasteiger partial charge on any atom is -0.481 e. The van der Waals surface area contributed by atoms with Gasteiger partial charge < -0.3 is 30.7 Å². The highest BCUT2D eigenvalue weighted by Crippen LogP contribution is 2.27. The summed E-state index contributed by atoms with van der Waals surface area (Å²) in [5.41, 5.74) is 2.78. The number of nitrogens with one attached hydrogen (secondary N) is 5. The minimum atomic E-state index is -4.06. The van der Waals surface area contributed by atoms with E-state index in [1.807, 2.05) is 4.72 Å². The fraction of sp³-hybridized carbons (Fsp3) is 0.140. The Hall–Kier alpha value is -7.85. The number of carbonyl (C=O) groups excluding carboxylic acids is 1. The molecule has 6 aromatic rings. The number of primary sulfonamides is 1. The molecule has 2 aromatic heterocycles. The zero-order valence-corrected chi connectivity index (χ0v) is 35.9. The molecule has 0 unspecified atom stereocenters. The van der Waals surface area contributed by atoms with Crippen LogP contribution in [-0.4, -0.2) is 55.9 Å². The number of hydrogen-bond donors (Lipinski definition) is 6. The van der Waals surface area contributed by atoms with Gasteiger partial charge in [0.15, 0.2) is 23.3 Å². The van der Waals surface area contributed by atoms with Crippen molar-refractivity contribution in [2.24, 2.45) is 5.14 Å². The number of nitrogens with zero attached hydrogens (tertiary/aromatic N) is 4. The van der Waals surface area contributed by atoms with Crippen LogP contribution in [-0.2, 0) is 24.8 Å². The Bertz CT molecular complexity index is 2950. The monoisotopic (exact) mass is 910 g/mol. The molecule has 0 saturated heterocycles. The van der Waals surface area contributed by atoms with Crippen LogP contribution in [0.3, 0.4) is 0 Å². The smallest absolute Gasteiger partial charge is 0.264 e. The molecule has 330 valence electrons. The second kappa shape index (κ2) is 21.3. The Morgan fingerprint density at radius 3 is 1.47 bits per heavy atom. The number of ether oxygens (including phenoxy) is 2. The summed E-state index contributed by atoms with van der Waals surface area (Å²) in [6.45, 7) is 5.06. The van der Waals surface area contributed by atoms with Crippen molar-refractivity contribution in [3.8, 4) is 36.2 Å². The van der Waals surface area contributed by atoms with Gasteiger partial charge in [-0.15, -0.1) is 12.8 Å². The standard InChI is InChI=1S/C23H22FN5O4S.C20H18FN5O3S/c1-4-12-33-18-10-8-16(9-11-18)26-22-19(24)14-25-23(28-22)27-17-7-6-15(3)20(13-17)34(31,32)29-21(30)5-2;1-3-10-29-16-8-6-14(7-9-16)24-19-17(21)12-23-20(26-19)25-15-5-4-13(2)18(11-15)30(22,27)28/h1,6-11,13-14H,5,12H2,2-3H3,(H,29,30)(H2,25,26,27,28);1,4-9,11-12H,10H2,2H3,(H2,22,27,28)(H2,23,24,25,26). The number of hydrogen-bond acceptors (Lipinski definition) is 15. The average molecular weight is 911 g/mol. The van der Waals surface area contributed by atoms with Crippen molar-refractivity contribution in [3.63, 3.8) is 0 Å². The van der Waals surface area contributed by atoms with E-state index in [-0.39, 0.29) is 53.0 Å². The molecule has 0 saturated carbocycles. The molecule has 0 fully saturated rings. The second-order valence-electron chi connectivity index (χ2n) is 13.2. The maximum absolute atomic E-state index is 14.3. The average Bonchev–Trinajstić information content (AvgIpc) is 3.26. The summed E-state index contributed by atoms with van der Waals surface area (Å²) in [7, 11) is -7.94. The van der Waals surface area contributed by atoms with Gasteiger partial charge in [0.25, 0.3) is 10.0 Å². The maximum atomic E-state index is 14.3. The van der Waals surface area contributed by atoms with Gasteiger partial charge in [-0.3, -0.25) is 4.79 Å². The van der Waals surface area contributed by atoms with Gasteiger partial charge >= 0.3 is 0 Å². The van der Waals surface area contributed by atoms with E-state index in [1.165, 1.54) is 12.1 Å². The first-order valence-electron chi connectivity index (χ1n) is 18.7. The molecule has 0 spiro atoms. The second-order valence-corrected chi connectivity index (χ2v) is 16.4. The molecule has 0 radical (unpaired) electrons. The first kappa shape index (κ1) is 47.2. The third-order valence-corrected chi connectivity index (χ3v) is 11.0. The third kappa shape index (κ3) is 13.3. The van der Waals surface area contributed by atoms with Crippen LogP contribution in [0.25, 0.3) is 0 Å². The number of sulfonamides is 2. The minimum absolute atomic E-state index is 0.0239. The Balaban J connectivity index is 0.000000243. The highest BCUT2D eigenvalue weighted by Gasteiger charge is 2.20. The SMILES string of the molecule is C#CCOc1ccc(Nc2nc(Nc3ccc(C)c(S(=O)(=O)NC(=O)CC)c3)ncc2F)cc1.C#CCOc1ccc(Nc2nc(Nc3ccc(C)c(S(N)(=O)=O)c3)ncc2F)cc1. The lowest BCUT2D eigenvalue weighted by Crippen LogP contribution is -2.30. The zero-order chi connectivity index (χ0) is 46.4. The molecule has 0 atom stereocenters. The lowest BCUT2D eigenvalue weighted by molar-refractivity contribution is -0.119. The normalized spacial score (nSPS) is 10.8. The largest absolute Gasteiger partial charge is 0.481 e. The predicted octanol–water partition coefficient (Wildman–Crippen LogP) is 6.71. The van der Waals surface area contributed by atoms with Crippen LogP contribution >= 0.6 is 0 Å². The number of halogens is 2. The van der Waals surface area contributed by atoms with Gasteiger partial charge in [-0.2, -0.15) is 9.97 Å². The molecule has 6 rings (SSSR count). The fourth-order valence-corrected chi connectivity index (χ4v) is 7.45. The van der Waals surface area contributed by atoms with Crippen molar-refractivity contribution < 1.29 is 39.9 Å². The number of carbonyl (C=O) groups is 1. The van der Waals surface area contributed by atoms with Crippen LogP contribution < -0.4 is 40.6 Å². The van der Waals surface area contributed by atoms with Gasteiger partial charge in [-0.25, -0.2) is 45.4 Å². The first-order valence-corrected chi connectivity index (χ1v) is 21.8. The molecule has 0 aliphatic carbocycles. The highest BCUT2D eigenvalue weighted by molar-refractivity contribution is 7.90. The van der Waals surface area contributed by atoms with E-state index in [0.29, 0.717) is 45.4 Å². The molecule has 17 nitrogen and oxygen atoms in total. The lowest BCUT2D eigenvalue weighted by Gasteiger charge is -2.13. The topological polar surface area (TPSA) is 242 Å². The molecular weight excluding hydrogens is 871 g/mol. The van der Waals surface area contributed by atoms with Crippen LogP contribution in [0.2, 0.25) is 0 Å². The summed E-state index contributed by atoms with van der Waals surface area (Å²) in [6.07, 6.45) is 12.3. The van der Waals surface area contributed by atoms with Crippen molar-refractivity contribution in [3.05, 3.63) is 120 Å². The maximum Gasteiger partial charge on any atom is 0.264 e. The Labute approximate surface area is 368 Å². The summed E-state index contributed by atoms with van der Waals surface area (Å²) in [4.78, 5) is 27.5. The number of terminal acetylenes is 2. The van der Waals surface area contributed by atoms with E-state index in [9.17, 15) is 30.4 Å². The van der Waals surface area contributed by atoms with Crippen LogP contribution in [0.4, 0.5) is 55.1 Å². The molecule has 2 heterocycles. The molecular formula is C43H40F2N10O7S2. The highest BCUT2D eigenvalue weighted by atomic mass is 32.2. The van der Waals surface area contributed by atoms with Gasteiger partial charge in [0.2, 0.25) is 27.8 Å². The molecule has 4 aromatic carbocycles. The number of aromatic nitrogens is 4. The number of amides is 1. The van der Waals surface area contributed by atoms with Crippen LogP contribution in [0.1, 0.15) is 24.5 Å². The van der Waals surface area contributed by atoms with E-state index in [0.717, 1.165) is 12.4 Å². The zero-order valence-electron chi connectivity index (χ0n) is 34.3. The first-order chi connectivity index (χ1) is 30.5. The molecule has 0 bridgehead atoms. The van der Waals surface area contributed by atoms with Crippen molar-refractivity contribution in [1.82, 2.24) is 24.7 Å². The van der Waals surface area contributed by atoms with Gasteiger partial charge in [-0.05, 0) is 97.8 Å². The Morgan fingerprint density at radius 2 is 1.06 bits per heavy atom. The van der Waals surface area contributed by atoms with Crippen LogP contribution in [0, 0.1) is 50.2 Å². The van der Waals surface area contributed by atoms with Gasteiger partial charge in [0, 0.05) is 29.2 Å². The molecule has 21 heteroatoms. The van der Waals surface area contributed by atoms with Gasteiger partial charge in [0.05, 0.1) is 22.2 Å². The van der Waals surface area contributed by atoms with E-state index in [4.69, 9.17) is 27.5 Å². The van der Waals surface area contributed by atoms with E-state index >= 15 is 0 Å². The molecule has 64 heavy (non-hydrogen) atoms. The molecule has 7 N–H and O–H groups in total. The number of benzene rings is 4. The van der Waals surface area contributed by atoms with E-state index < -0.39 is 37.6 Å². The quantitative estimate of drug-likeness (QED) is 0.0553. The van der Waals surface area contributed by atoms with Gasteiger partial charge in [0.1, 0.15) is 24.7 Å². The molecule has 0 aliphatic rings. The lowest BCUT2D eigenvalue weighted by atomic mass is 10.2. The van der Waals surface area contributed by atoms with E-state index in [1.54, 1.807) is 93.6 Å². The molecule has 1 amide bonds. The number of nitrogens with two attached hydrogens (primary N) is 1. The number of rotatable bonds is 16. The predicted molar refractivity (Wildman–Crippen MR) is 238 cm³/mol. The van der Waals surface area contributed by atoms with Gasteiger partial charge in [-0.1, -0.05) is 30.9 Å². The fourth-order valence-electron chi connectivity index (χ4n) is 5.31. The molecule has 0 aliphatic heterocycles. The van der Waals surface area contributed by atoms with Crippen molar-refractivity contribution in [2.75, 3.05) is 34.5 Å². The Kier molecular flexibility index (Phi) is 15.7. The van der Waals surface area contributed by atoms with Crippen molar-refractivity contribution >= 4 is 72.2 Å². The van der Waals surface area contributed by atoms with E-state index in [2.05, 4.69) is 53.0 Å². The van der Waals surface area contributed by atoms with Crippen LogP contribution in [0.5, 0.6) is 11.5 Å². The summed E-state index contributed by atoms with van der Waals surface area (Å²) >= 11 is 0. The van der Waals surface area contributed by atoms with Crippen LogP contribution in [0.15, 0.2) is 107 Å². The summed E-state index contributed by atoms with van der Waals surface area (Å²) in [6, 6.07) is 22.5. The number of anilines is 8. The Morgan fingerprint density at radius 1 is 0.656 bits per heavy atom. The summed E-state index contributed by atoms with van der Waals surface area (Å²) in [5.74, 6) is 3.84. The number of aryl methyl sites for hydroxylation is 2.